The molecule has 2 N–H and O–H groups in total. The topological polar surface area (TPSA) is 138 Å². The van der Waals surface area contributed by atoms with Crippen molar-refractivity contribution in [2.75, 3.05) is 5.84 Å². The molecule has 35 heavy (non-hydrogen) atoms. The van der Waals surface area contributed by atoms with Gasteiger partial charge in [-0.2, -0.15) is 0 Å². The van der Waals surface area contributed by atoms with Crippen molar-refractivity contribution in [1.82, 2.24) is 29.8 Å². The van der Waals surface area contributed by atoms with Gasteiger partial charge in [0.05, 0.1) is 16.7 Å². The quantitative estimate of drug-likeness (QED) is 0.291. The average Bonchev–Trinajstić information content (AvgIpc) is 3.61. The Morgan fingerprint density at radius 1 is 1.14 bits per heavy atom. The second kappa shape index (κ2) is 7.79. The summed E-state index contributed by atoms with van der Waals surface area (Å²) >= 11 is 0. The summed E-state index contributed by atoms with van der Waals surface area (Å²) in [5, 5.41) is 7.82. The first kappa shape index (κ1) is 21.1. The van der Waals surface area contributed by atoms with E-state index in [1.54, 1.807) is 47.7 Å². The molecule has 0 saturated heterocycles. The van der Waals surface area contributed by atoms with Crippen LogP contribution in [0.5, 0.6) is 0 Å². The number of nitrogens with zero attached hydrogens (tertiary/aromatic N) is 7. The Kier molecular flexibility index (Phi) is 4.70. The van der Waals surface area contributed by atoms with E-state index in [1.807, 2.05) is 26.0 Å². The van der Waals surface area contributed by atoms with E-state index < -0.39 is 5.54 Å². The summed E-state index contributed by atoms with van der Waals surface area (Å²) in [4.78, 5) is 31.1. The Hall–Kier alpha value is -4.47. The third-order valence-electron chi connectivity index (χ3n) is 6.58. The second-order valence-electron chi connectivity index (χ2n) is 8.82. The number of benzene rings is 1. The molecule has 10 nitrogen and oxygen atoms in total. The fourth-order valence-corrected chi connectivity index (χ4v) is 4.77. The minimum Gasteiger partial charge on any atom is -0.361 e. The van der Waals surface area contributed by atoms with E-state index in [1.165, 1.54) is 0 Å². The van der Waals surface area contributed by atoms with Crippen LogP contribution in [0.1, 0.15) is 53.0 Å². The standard InChI is InChI=1S/C25H22N8O2/c1-14-21(15(2)35-31-14)17-11-19(22-20(12-17)33(26)23(30-22)16-6-7-16)25(32-34,18-5-3-8-27-13-18)24-28-9-4-10-29-24/h3-5,8-13,16H,6-7,26H2,1-2H3. The lowest BCUT2D eigenvalue weighted by atomic mass is 9.81. The number of aryl methyl sites for hydroxylation is 2. The summed E-state index contributed by atoms with van der Waals surface area (Å²) in [6.45, 7) is 3.72. The number of hydrogen-bond acceptors (Lipinski definition) is 9. The number of imidazole rings is 1. The lowest BCUT2D eigenvalue weighted by molar-refractivity contribution is 0.393. The molecule has 5 aromatic rings. The Bertz CT molecular complexity index is 1500. The number of rotatable bonds is 6. The Labute approximate surface area is 200 Å². The average molecular weight is 467 g/mol. The van der Waals surface area contributed by atoms with Gasteiger partial charge in [0, 0.05) is 47.4 Å². The lowest BCUT2D eigenvalue weighted by Crippen LogP contribution is -2.30. The molecule has 1 aliphatic carbocycles. The van der Waals surface area contributed by atoms with Gasteiger partial charge >= 0.3 is 0 Å². The summed E-state index contributed by atoms with van der Waals surface area (Å²) < 4.78 is 7.06. The van der Waals surface area contributed by atoms with Crippen molar-refractivity contribution in [2.24, 2.45) is 5.18 Å². The third-order valence-corrected chi connectivity index (χ3v) is 6.58. The first-order valence-electron chi connectivity index (χ1n) is 11.3. The van der Waals surface area contributed by atoms with Crippen LogP contribution < -0.4 is 5.84 Å². The minimum atomic E-state index is -1.61. The van der Waals surface area contributed by atoms with Crippen molar-refractivity contribution in [3.05, 3.63) is 94.3 Å². The van der Waals surface area contributed by atoms with Gasteiger partial charge < -0.3 is 10.4 Å². The Morgan fingerprint density at radius 3 is 2.57 bits per heavy atom. The highest BCUT2D eigenvalue weighted by atomic mass is 16.5. The van der Waals surface area contributed by atoms with E-state index in [2.05, 4.69) is 25.3 Å². The first-order chi connectivity index (χ1) is 17.0. The van der Waals surface area contributed by atoms with E-state index in [4.69, 9.17) is 15.3 Å². The molecule has 1 aromatic carbocycles. The molecule has 6 rings (SSSR count). The molecule has 1 unspecified atom stereocenters. The van der Waals surface area contributed by atoms with E-state index >= 15 is 0 Å². The number of fused-ring (bicyclic) bond motifs is 1. The minimum absolute atomic E-state index is 0.222. The summed E-state index contributed by atoms with van der Waals surface area (Å²) in [7, 11) is 0. The molecule has 0 amide bonds. The van der Waals surface area contributed by atoms with E-state index in [9.17, 15) is 4.91 Å². The Balaban J connectivity index is 1.76. The van der Waals surface area contributed by atoms with Crippen LogP contribution in [-0.4, -0.2) is 29.8 Å². The van der Waals surface area contributed by atoms with Crippen molar-refractivity contribution in [3.63, 3.8) is 0 Å². The van der Waals surface area contributed by atoms with Crippen LogP contribution in [0.2, 0.25) is 0 Å². The molecule has 1 saturated carbocycles. The number of nitroso groups, excluding NO2 is 1. The van der Waals surface area contributed by atoms with E-state index in [-0.39, 0.29) is 11.7 Å². The fourth-order valence-electron chi connectivity index (χ4n) is 4.77. The highest BCUT2D eigenvalue weighted by molar-refractivity contribution is 5.89. The monoisotopic (exact) mass is 466 g/mol. The highest BCUT2D eigenvalue weighted by Gasteiger charge is 2.45. The van der Waals surface area contributed by atoms with Gasteiger partial charge in [-0.3, -0.25) is 4.98 Å². The van der Waals surface area contributed by atoms with Gasteiger partial charge in [0.1, 0.15) is 11.6 Å². The molecular weight excluding hydrogens is 444 g/mol. The fraction of sp³-hybridized carbons (Fsp3) is 0.240. The predicted molar refractivity (Wildman–Crippen MR) is 129 cm³/mol. The second-order valence-corrected chi connectivity index (χ2v) is 8.82. The maximum absolute atomic E-state index is 13.0. The smallest absolute Gasteiger partial charge is 0.215 e. The normalized spacial score (nSPS) is 15.3. The van der Waals surface area contributed by atoms with Crippen LogP contribution in [0.4, 0.5) is 0 Å². The molecule has 1 fully saturated rings. The third kappa shape index (κ3) is 3.13. The van der Waals surface area contributed by atoms with E-state index in [0.717, 1.165) is 35.5 Å². The molecule has 1 atom stereocenters. The van der Waals surface area contributed by atoms with Gasteiger partial charge in [0.25, 0.3) is 0 Å². The molecule has 0 spiro atoms. The van der Waals surface area contributed by atoms with Gasteiger partial charge in [-0.1, -0.05) is 11.2 Å². The first-order valence-corrected chi connectivity index (χ1v) is 11.3. The van der Waals surface area contributed by atoms with Crippen molar-refractivity contribution in [2.45, 2.75) is 38.1 Å². The number of nitrogen functional groups attached to an aromatic ring is 1. The number of hydrogen-bond donors (Lipinski definition) is 1. The van der Waals surface area contributed by atoms with Crippen molar-refractivity contribution < 1.29 is 4.52 Å². The summed E-state index contributed by atoms with van der Waals surface area (Å²) in [5.41, 5.74) is 3.00. The molecule has 174 valence electrons. The van der Waals surface area contributed by atoms with Gasteiger partial charge in [0.2, 0.25) is 5.54 Å². The zero-order chi connectivity index (χ0) is 24.2. The van der Waals surface area contributed by atoms with E-state index in [0.29, 0.717) is 27.9 Å². The van der Waals surface area contributed by atoms with Crippen LogP contribution in [0.3, 0.4) is 0 Å². The highest BCUT2D eigenvalue weighted by Crippen LogP contribution is 2.46. The summed E-state index contributed by atoms with van der Waals surface area (Å²) in [5.74, 6) is 8.51. The number of pyridine rings is 1. The van der Waals surface area contributed by atoms with Crippen molar-refractivity contribution >= 4 is 11.0 Å². The largest absolute Gasteiger partial charge is 0.361 e. The van der Waals surface area contributed by atoms with Crippen LogP contribution in [-0.2, 0) is 5.54 Å². The molecule has 0 radical (unpaired) electrons. The zero-order valence-electron chi connectivity index (χ0n) is 19.2. The molecule has 10 heteroatoms. The molecule has 1 aliphatic rings. The maximum Gasteiger partial charge on any atom is 0.215 e. The number of nitrogens with two attached hydrogens (primary N) is 1. The van der Waals surface area contributed by atoms with Crippen LogP contribution in [0.15, 0.2) is 64.8 Å². The number of aromatic nitrogens is 6. The summed E-state index contributed by atoms with van der Waals surface area (Å²) in [6, 6.07) is 9.08. The SMILES string of the molecule is Cc1noc(C)c1-c1cc(C(N=O)(c2cccnc2)c2ncccn2)c2nc(C3CC3)n(N)c2c1. The molecule has 0 bridgehead atoms. The molecule has 4 aromatic heterocycles. The van der Waals surface area contributed by atoms with Crippen LogP contribution in [0, 0.1) is 18.8 Å². The van der Waals surface area contributed by atoms with Crippen molar-refractivity contribution in [1.29, 1.82) is 0 Å². The summed E-state index contributed by atoms with van der Waals surface area (Å²) in [6.07, 6.45) is 8.46. The lowest BCUT2D eigenvalue weighted by Gasteiger charge is -2.26. The molecular formula is C25H22N8O2. The van der Waals surface area contributed by atoms with Gasteiger partial charge in [-0.25, -0.2) is 19.6 Å². The van der Waals surface area contributed by atoms with Crippen molar-refractivity contribution in [3.8, 4) is 11.1 Å². The zero-order valence-corrected chi connectivity index (χ0v) is 19.2. The molecule has 0 aliphatic heterocycles. The van der Waals surface area contributed by atoms with Gasteiger partial charge in [-0.05, 0) is 61.7 Å². The van der Waals surface area contributed by atoms with Gasteiger partial charge in [0.15, 0.2) is 5.82 Å². The van der Waals surface area contributed by atoms with Crippen LogP contribution >= 0.6 is 0 Å². The maximum atomic E-state index is 13.0. The van der Waals surface area contributed by atoms with Crippen LogP contribution in [0.25, 0.3) is 22.2 Å². The predicted octanol–water partition coefficient (Wildman–Crippen LogP) is 4.14. The molecule has 4 heterocycles. The van der Waals surface area contributed by atoms with Gasteiger partial charge in [-0.15, -0.1) is 4.91 Å². The Morgan fingerprint density at radius 2 is 1.94 bits per heavy atom.